The highest BCUT2D eigenvalue weighted by Crippen LogP contribution is 2.37. The lowest BCUT2D eigenvalue weighted by Crippen LogP contribution is -2.59. The zero-order valence-electron chi connectivity index (χ0n) is 20.2. The average Bonchev–Trinajstić information content (AvgIpc) is 3.15. The second-order valence-electron chi connectivity index (χ2n) is 9.13. The third kappa shape index (κ3) is 6.12. The van der Waals surface area contributed by atoms with Crippen LogP contribution in [0.2, 0.25) is 5.02 Å². The number of carbonyl (C=O) groups excluding carboxylic acids is 3. The van der Waals surface area contributed by atoms with E-state index >= 15 is 0 Å². The molecule has 0 unspecified atom stereocenters. The molecule has 1 fully saturated rings. The maximum absolute atomic E-state index is 13.5. The largest absolute Gasteiger partial charge is 0.488 e. The van der Waals surface area contributed by atoms with Crippen molar-refractivity contribution in [2.45, 2.75) is 29.5 Å². The molecule has 39 heavy (non-hydrogen) atoms. The summed E-state index contributed by atoms with van der Waals surface area (Å²) in [5.74, 6) is -4.26. The third-order valence-electron chi connectivity index (χ3n) is 6.28. The van der Waals surface area contributed by atoms with E-state index in [4.69, 9.17) is 16.3 Å². The first-order valence-corrected chi connectivity index (χ1v) is 13.2. The van der Waals surface area contributed by atoms with E-state index in [9.17, 15) is 40.4 Å². The summed E-state index contributed by atoms with van der Waals surface area (Å²) in [5.41, 5.74) is -1.20. The summed E-state index contributed by atoms with van der Waals surface area (Å²) < 4.78 is 86.6. The predicted molar refractivity (Wildman–Crippen MR) is 128 cm³/mol. The van der Waals surface area contributed by atoms with Gasteiger partial charge in [-0.25, -0.2) is 17.5 Å². The van der Waals surface area contributed by atoms with Gasteiger partial charge >= 0.3 is 18.0 Å². The molecule has 3 heterocycles. The van der Waals surface area contributed by atoms with Gasteiger partial charge in [-0.05, 0) is 31.0 Å². The van der Waals surface area contributed by atoms with Gasteiger partial charge in [0.15, 0.2) is 11.4 Å². The summed E-state index contributed by atoms with van der Waals surface area (Å²) in [6.07, 6.45) is -3.53. The van der Waals surface area contributed by atoms with Crippen molar-refractivity contribution in [1.29, 1.82) is 0 Å². The molecule has 0 saturated carbocycles. The fraction of sp³-hybridized carbons (Fsp3) is 0.409. The molecule has 2 aliphatic heterocycles. The Morgan fingerprint density at radius 1 is 1.21 bits per heavy atom. The van der Waals surface area contributed by atoms with E-state index in [1.807, 2.05) is 0 Å². The number of aromatic nitrogens is 1. The quantitative estimate of drug-likeness (QED) is 0.365. The average molecular weight is 596 g/mol. The van der Waals surface area contributed by atoms with Crippen LogP contribution < -0.4 is 20.1 Å². The van der Waals surface area contributed by atoms with Crippen LogP contribution in [0.15, 0.2) is 29.3 Å². The molecule has 11 nitrogen and oxygen atoms in total. The monoisotopic (exact) mass is 595 g/mol. The van der Waals surface area contributed by atoms with Gasteiger partial charge in [-0.2, -0.15) is 13.2 Å². The number of nitrogens with one attached hydrogen (secondary N) is 3. The second-order valence-corrected chi connectivity index (χ2v) is 11.2. The van der Waals surface area contributed by atoms with E-state index < -0.39 is 51.8 Å². The topological polar surface area (TPSA) is 139 Å². The lowest BCUT2D eigenvalue weighted by atomic mass is 9.89. The zero-order valence-corrected chi connectivity index (χ0v) is 21.8. The summed E-state index contributed by atoms with van der Waals surface area (Å²) in [5, 5.41) is 3.79. The van der Waals surface area contributed by atoms with Crippen LogP contribution in [0.5, 0.6) is 5.75 Å². The number of nitrogens with zero attached hydrogens (tertiary/aromatic N) is 2. The Labute approximate surface area is 224 Å². The number of alkyl halides is 3. The molecule has 1 aromatic carbocycles. The number of carbonyl (C=O) groups is 3. The van der Waals surface area contributed by atoms with Gasteiger partial charge in [0.2, 0.25) is 10.0 Å². The van der Waals surface area contributed by atoms with E-state index in [0.717, 1.165) is 11.0 Å². The van der Waals surface area contributed by atoms with Crippen molar-refractivity contribution in [1.82, 2.24) is 19.5 Å². The smallest absolute Gasteiger partial charge is 0.405 e. The second kappa shape index (κ2) is 10.3. The number of halogens is 5. The maximum Gasteiger partial charge on any atom is 0.405 e. The Balaban J connectivity index is 1.49. The summed E-state index contributed by atoms with van der Waals surface area (Å²) in [6.45, 7) is -2.18. The molecule has 1 spiro atoms. The third-order valence-corrected chi connectivity index (χ3v) is 8.14. The fourth-order valence-corrected chi connectivity index (χ4v) is 6.12. The van der Waals surface area contributed by atoms with E-state index in [-0.39, 0.29) is 59.6 Å². The van der Waals surface area contributed by atoms with Crippen molar-refractivity contribution in [2.24, 2.45) is 7.05 Å². The van der Waals surface area contributed by atoms with Crippen molar-refractivity contribution >= 4 is 45.0 Å². The lowest BCUT2D eigenvalue weighted by Gasteiger charge is -2.40. The first kappa shape index (κ1) is 28.6. The molecule has 0 bridgehead atoms. The Kier molecular flexibility index (Phi) is 7.57. The van der Waals surface area contributed by atoms with Crippen molar-refractivity contribution in [3.8, 4) is 5.75 Å². The number of sulfonamides is 1. The minimum Gasteiger partial charge on any atom is -0.488 e. The van der Waals surface area contributed by atoms with Crippen LogP contribution in [0, 0.1) is 5.82 Å². The van der Waals surface area contributed by atoms with Crippen LogP contribution in [0.4, 0.5) is 23.2 Å². The Morgan fingerprint density at radius 2 is 1.87 bits per heavy atom. The highest BCUT2D eigenvalue weighted by molar-refractivity contribution is 7.89. The van der Waals surface area contributed by atoms with Gasteiger partial charge in [0.25, 0.3) is 5.91 Å². The molecule has 3 amide bonds. The molecule has 0 aliphatic carbocycles. The molecule has 3 N–H and O–H groups in total. The molecule has 2 aliphatic rings. The first-order chi connectivity index (χ1) is 18.1. The highest BCUT2D eigenvalue weighted by Gasteiger charge is 2.45. The SMILES string of the molecule is Cn1cc2c(c1C(=O)Nc1ccc(F)c(Cl)c1)OCC1(CCN(C(=O)C(=O)NCC(F)(F)F)CC1)NS2(=O)=O. The molecule has 1 saturated heterocycles. The van der Waals surface area contributed by atoms with E-state index in [2.05, 4.69) is 10.0 Å². The number of likely N-dealkylation sites (tertiary alicyclic amines) is 1. The number of ether oxygens (including phenoxy) is 1. The van der Waals surface area contributed by atoms with Gasteiger partial charge < -0.3 is 24.8 Å². The van der Waals surface area contributed by atoms with Crippen LogP contribution in [0.3, 0.4) is 0 Å². The van der Waals surface area contributed by atoms with Gasteiger partial charge in [-0.15, -0.1) is 0 Å². The van der Waals surface area contributed by atoms with Crippen LogP contribution >= 0.6 is 11.6 Å². The number of piperidine rings is 1. The normalized spacial score (nSPS) is 18.1. The lowest BCUT2D eigenvalue weighted by molar-refractivity contribution is -0.152. The fourth-order valence-electron chi connectivity index (χ4n) is 4.30. The van der Waals surface area contributed by atoms with Crippen LogP contribution in [-0.4, -0.2) is 73.6 Å². The molecular formula is C22H22ClF4N5O6S. The van der Waals surface area contributed by atoms with Crippen molar-refractivity contribution in [3.05, 3.63) is 40.9 Å². The molecule has 0 atom stereocenters. The van der Waals surface area contributed by atoms with Gasteiger partial charge in [0, 0.05) is 32.0 Å². The maximum atomic E-state index is 13.5. The van der Waals surface area contributed by atoms with E-state index in [1.165, 1.54) is 35.3 Å². The van der Waals surface area contributed by atoms with Crippen molar-refractivity contribution < 1.29 is 45.1 Å². The number of fused-ring (bicyclic) bond motifs is 1. The number of hydrogen-bond donors (Lipinski definition) is 3. The van der Waals surface area contributed by atoms with Gasteiger partial charge in [-0.3, -0.25) is 14.4 Å². The molecule has 1 aromatic heterocycles. The minimum absolute atomic E-state index is 0.0173. The van der Waals surface area contributed by atoms with Crippen LogP contribution in [0.25, 0.3) is 0 Å². The minimum atomic E-state index is -4.69. The highest BCUT2D eigenvalue weighted by atomic mass is 35.5. The number of hydrogen-bond acceptors (Lipinski definition) is 6. The zero-order chi connectivity index (χ0) is 28.8. The molecule has 17 heteroatoms. The van der Waals surface area contributed by atoms with Gasteiger partial charge in [0.1, 0.15) is 23.9 Å². The van der Waals surface area contributed by atoms with Gasteiger partial charge in [-0.1, -0.05) is 11.6 Å². The van der Waals surface area contributed by atoms with E-state index in [1.54, 1.807) is 0 Å². The number of anilines is 1. The van der Waals surface area contributed by atoms with E-state index in [0.29, 0.717) is 0 Å². The number of aryl methyl sites for hydroxylation is 1. The predicted octanol–water partition coefficient (Wildman–Crippen LogP) is 1.78. The number of benzene rings is 1. The molecular weight excluding hydrogens is 574 g/mol. The molecule has 2 aromatic rings. The Bertz CT molecular complexity index is 1440. The molecule has 212 valence electrons. The van der Waals surface area contributed by atoms with Crippen LogP contribution in [-0.2, 0) is 26.7 Å². The Morgan fingerprint density at radius 3 is 2.49 bits per heavy atom. The number of rotatable bonds is 3. The summed E-state index contributed by atoms with van der Waals surface area (Å²) >= 11 is 5.76. The molecule has 0 radical (unpaired) electrons. The summed E-state index contributed by atoms with van der Waals surface area (Å²) in [4.78, 5) is 37.8. The first-order valence-electron chi connectivity index (χ1n) is 11.4. The van der Waals surface area contributed by atoms with Crippen molar-refractivity contribution in [3.63, 3.8) is 0 Å². The summed E-state index contributed by atoms with van der Waals surface area (Å²) in [6, 6.07) is 3.51. The number of amides is 3. The summed E-state index contributed by atoms with van der Waals surface area (Å²) in [7, 11) is -2.81. The van der Waals surface area contributed by atoms with Crippen LogP contribution in [0.1, 0.15) is 23.3 Å². The standard InChI is InChI=1S/C22H22ClF4N5O6S/c1-31-9-15-17(16(31)18(33)29-12-2-3-14(24)13(23)8-12)38-11-21(30-39(15,36)37)4-6-32(7-5-21)20(35)19(34)28-10-22(25,26)27/h2-3,8-9,30H,4-7,10-11H2,1H3,(H,28,34)(H,29,33). The van der Waals surface area contributed by atoms with Crippen molar-refractivity contribution in [2.75, 3.05) is 31.6 Å². The molecule has 4 rings (SSSR count). The van der Waals surface area contributed by atoms with Gasteiger partial charge in [0.05, 0.1) is 10.6 Å². The Hall–Kier alpha value is -3.37.